The van der Waals surface area contributed by atoms with Gasteiger partial charge in [-0.3, -0.25) is 4.98 Å². The number of likely N-dealkylation sites (N-methyl/N-ethyl adjacent to an activating group) is 1. The molecule has 0 saturated heterocycles. The number of nitrogens with one attached hydrogen (secondary N) is 1. The minimum Gasteiger partial charge on any atom is -0.383 e. The Hall–Kier alpha value is -1.00. The molecule has 0 aliphatic carbocycles. The standard InChI is InChI=1S/C11H17FN2O/c1-3-13-11(8-15-2)6-10-5-4-9(12)7-14-10/h4-5,7,11,13H,3,6,8H2,1-2H3. The van der Waals surface area contributed by atoms with E-state index in [-0.39, 0.29) is 11.9 Å². The second-order valence-electron chi connectivity index (χ2n) is 3.38. The third-order valence-electron chi connectivity index (χ3n) is 2.10. The molecule has 4 heteroatoms. The highest BCUT2D eigenvalue weighted by Crippen LogP contribution is 2.02. The molecule has 0 aromatic carbocycles. The predicted molar refractivity (Wildman–Crippen MR) is 57.2 cm³/mol. The summed E-state index contributed by atoms with van der Waals surface area (Å²) in [7, 11) is 1.67. The van der Waals surface area contributed by atoms with E-state index in [1.807, 2.05) is 6.92 Å². The van der Waals surface area contributed by atoms with E-state index in [0.717, 1.165) is 18.7 Å². The van der Waals surface area contributed by atoms with Crippen molar-refractivity contribution in [1.29, 1.82) is 0 Å². The predicted octanol–water partition coefficient (Wildman–Crippen LogP) is 1.39. The van der Waals surface area contributed by atoms with Gasteiger partial charge in [0.25, 0.3) is 0 Å². The molecule has 1 N–H and O–H groups in total. The van der Waals surface area contributed by atoms with Gasteiger partial charge < -0.3 is 10.1 Å². The van der Waals surface area contributed by atoms with Gasteiger partial charge in [-0.25, -0.2) is 4.39 Å². The minimum atomic E-state index is -0.300. The lowest BCUT2D eigenvalue weighted by Crippen LogP contribution is -2.35. The molecular formula is C11H17FN2O. The Morgan fingerprint density at radius 2 is 2.33 bits per heavy atom. The number of ether oxygens (including phenoxy) is 1. The maximum absolute atomic E-state index is 12.6. The Morgan fingerprint density at radius 3 is 2.87 bits per heavy atom. The van der Waals surface area contributed by atoms with E-state index in [0.29, 0.717) is 6.61 Å². The number of pyridine rings is 1. The SMILES string of the molecule is CCNC(COC)Cc1ccc(F)cn1. The van der Waals surface area contributed by atoms with Gasteiger partial charge in [-0.05, 0) is 18.7 Å². The summed E-state index contributed by atoms with van der Waals surface area (Å²) in [5, 5.41) is 3.29. The average Bonchev–Trinajstić information content (AvgIpc) is 2.22. The molecule has 1 unspecified atom stereocenters. The molecule has 84 valence electrons. The van der Waals surface area contributed by atoms with Crippen LogP contribution in [-0.4, -0.2) is 31.3 Å². The van der Waals surface area contributed by atoms with Crippen LogP contribution in [0.2, 0.25) is 0 Å². The monoisotopic (exact) mass is 212 g/mol. The number of rotatable bonds is 6. The van der Waals surface area contributed by atoms with Crippen LogP contribution in [-0.2, 0) is 11.2 Å². The first kappa shape index (κ1) is 12.1. The van der Waals surface area contributed by atoms with Gasteiger partial charge >= 0.3 is 0 Å². The van der Waals surface area contributed by atoms with Crippen molar-refractivity contribution >= 4 is 0 Å². The number of hydrogen-bond acceptors (Lipinski definition) is 3. The van der Waals surface area contributed by atoms with Crippen LogP contribution in [0, 0.1) is 5.82 Å². The first-order valence-corrected chi connectivity index (χ1v) is 5.09. The summed E-state index contributed by atoms with van der Waals surface area (Å²) in [6.07, 6.45) is 1.99. The van der Waals surface area contributed by atoms with Gasteiger partial charge in [0.05, 0.1) is 12.8 Å². The molecule has 3 nitrogen and oxygen atoms in total. The van der Waals surface area contributed by atoms with Crippen LogP contribution >= 0.6 is 0 Å². The zero-order valence-electron chi connectivity index (χ0n) is 9.16. The van der Waals surface area contributed by atoms with E-state index >= 15 is 0 Å². The Morgan fingerprint density at radius 1 is 1.53 bits per heavy atom. The molecule has 0 aliphatic rings. The van der Waals surface area contributed by atoms with Crippen molar-refractivity contribution in [3.05, 3.63) is 29.8 Å². The largest absolute Gasteiger partial charge is 0.383 e. The van der Waals surface area contributed by atoms with Crippen LogP contribution < -0.4 is 5.32 Å². The molecular weight excluding hydrogens is 195 g/mol. The van der Waals surface area contributed by atoms with Crippen molar-refractivity contribution in [2.75, 3.05) is 20.3 Å². The van der Waals surface area contributed by atoms with E-state index in [1.165, 1.54) is 12.3 Å². The molecule has 0 saturated carbocycles. The van der Waals surface area contributed by atoms with Crippen LogP contribution in [0.25, 0.3) is 0 Å². The molecule has 0 aliphatic heterocycles. The number of methoxy groups -OCH3 is 1. The molecule has 0 spiro atoms. The highest BCUT2D eigenvalue weighted by atomic mass is 19.1. The first-order chi connectivity index (χ1) is 7.26. The summed E-state index contributed by atoms with van der Waals surface area (Å²) < 4.78 is 17.7. The second-order valence-corrected chi connectivity index (χ2v) is 3.38. The Kier molecular flexibility index (Phi) is 5.21. The fourth-order valence-corrected chi connectivity index (χ4v) is 1.46. The third-order valence-corrected chi connectivity index (χ3v) is 2.10. The summed E-state index contributed by atoms with van der Waals surface area (Å²) >= 11 is 0. The van der Waals surface area contributed by atoms with E-state index in [2.05, 4.69) is 10.3 Å². The number of nitrogens with zero attached hydrogens (tertiary/aromatic N) is 1. The maximum atomic E-state index is 12.6. The van der Waals surface area contributed by atoms with Crippen LogP contribution in [0.4, 0.5) is 4.39 Å². The topological polar surface area (TPSA) is 34.1 Å². The number of halogens is 1. The highest BCUT2D eigenvalue weighted by Gasteiger charge is 2.08. The smallest absolute Gasteiger partial charge is 0.141 e. The van der Waals surface area contributed by atoms with E-state index in [4.69, 9.17) is 4.74 Å². The van der Waals surface area contributed by atoms with Crippen LogP contribution in [0.1, 0.15) is 12.6 Å². The molecule has 0 bridgehead atoms. The fraction of sp³-hybridized carbons (Fsp3) is 0.545. The molecule has 0 amide bonds. The van der Waals surface area contributed by atoms with Crippen molar-refractivity contribution in [1.82, 2.24) is 10.3 Å². The highest BCUT2D eigenvalue weighted by molar-refractivity contribution is 5.06. The van der Waals surface area contributed by atoms with Crippen molar-refractivity contribution in [3.8, 4) is 0 Å². The van der Waals surface area contributed by atoms with Crippen LogP contribution in [0.5, 0.6) is 0 Å². The van der Waals surface area contributed by atoms with Crippen LogP contribution in [0.3, 0.4) is 0 Å². The lowest BCUT2D eigenvalue weighted by Gasteiger charge is -2.16. The minimum absolute atomic E-state index is 0.234. The van der Waals surface area contributed by atoms with Gasteiger partial charge in [0.2, 0.25) is 0 Å². The van der Waals surface area contributed by atoms with Gasteiger partial charge in [-0.2, -0.15) is 0 Å². The molecule has 15 heavy (non-hydrogen) atoms. The number of hydrogen-bond donors (Lipinski definition) is 1. The summed E-state index contributed by atoms with van der Waals surface area (Å²) in [4.78, 5) is 4.01. The lowest BCUT2D eigenvalue weighted by molar-refractivity contribution is 0.166. The van der Waals surface area contributed by atoms with Gasteiger partial charge in [0, 0.05) is 25.3 Å². The van der Waals surface area contributed by atoms with Gasteiger partial charge in [0.15, 0.2) is 0 Å². The zero-order chi connectivity index (χ0) is 11.1. The average molecular weight is 212 g/mol. The summed E-state index contributed by atoms with van der Waals surface area (Å²) in [6, 6.07) is 3.37. The quantitative estimate of drug-likeness (QED) is 0.773. The summed E-state index contributed by atoms with van der Waals surface area (Å²) in [6.45, 7) is 3.56. The molecule has 1 aromatic heterocycles. The molecule has 1 atom stereocenters. The molecule has 1 rings (SSSR count). The van der Waals surface area contributed by atoms with Gasteiger partial charge in [-0.1, -0.05) is 6.92 Å². The lowest BCUT2D eigenvalue weighted by atomic mass is 10.1. The molecule has 1 heterocycles. The molecule has 0 radical (unpaired) electrons. The van der Waals surface area contributed by atoms with E-state index in [1.54, 1.807) is 13.2 Å². The Bertz CT molecular complexity index is 270. The molecule has 0 fully saturated rings. The van der Waals surface area contributed by atoms with Crippen molar-refractivity contribution in [2.24, 2.45) is 0 Å². The first-order valence-electron chi connectivity index (χ1n) is 5.09. The number of aromatic nitrogens is 1. The maximum Gasteiger partial charge on any atom is 0.141 e. The van der Waals surface area contributed by atoms with Gasteiger partial charge in [-0.15, -0.1) is 0 Å². The van der Waals surface area contributed by atoms with Crippen molar-refractivity contribution < 1.29 is 9.13 Å². The zero-order valence-corrected chi connectivity index (χ0v) is 9.16. The van der Waals surface area contributed by atoms with Crippen LogP contribution in [0.15, 0.2) is 18.3 Å². The Labute approximate surface area is 89.7 Å². The van der Waals surface area contributed by atoms with Gasteiger partial charge in [0.1, 0.15) is 5.82 Å². The summed E-state index contributed by atoms with van der Waals surface area (Å²) in [5.74, 6) is -0.300. The third kappa shape index (κ3) is 4.36. The molecule has 1 aromatic rings. The second kappa shape index (κ2) is 6.48. The van der Waals surface area contributed by atoms with E-state index in [9.17, 15) is 4.39 Å². The fourth-order valence-electron chi connectivity index (χ4n) is 1.46. The Balaban J connectivity index is 2.53. The normalized spacial score (nSPS) is 12.7. The van der Waals surface area contributed by atoms with Crippen molar-refractivity contribution in [2.45, 2.75) is 19.4 Å². The summed E-state index contributed by atoms with van der Waals surface area (Å²) in [5.41, 5.74) is 0.874. The van der Waals surface area contributed by atoms with E-state index < -0.39 is 0 Å². The van der Waals surface area contributed by atoms with Crippen molar-refractivity contribution in [3.63, 3.8) is 0 Å².